The Morgan fingerprint density at radius 1 is 1.07 bits per heavy atom. The van der Waals surface area contributed by atoms with Crippen LogP contribution in [0.4, 0.5) is 0 Å². The summed E-state index contributed by atoms with van der Waals surface area (Å²) in [6, 6.07) is 6.09. The number of amides is 1. The number of benzene rings is 1. The number of hydrogen-bond acceptors (Lipinski definition) is 5. The molecule has 4 nitrogen and oxygen atoms in total. The number of pyridine rings is 1. The molecular formula is C22H16N2O2S2. The van der Waals surface area contributed by atoms with Gasteiger partial charge in [-0.15, -0.1) is 0 Å². The molecule has 0 spiro atoms. The highest BCUT2D eigenvalue weighted by molar-refractivity contribution is 8.26. The van der Waals surface area contributed by atoms with E-state index in [1.165, 1.54) is 22.9 Å². The first kappa shape index (κ1) is 18.5. The van der Waals surface area contributed by atoms with Crippen molar-refractivity contribution in [3.8, 4) is 11.8 Å². The molecular weight excluding hydrogens is 388 g/mol. The number of thiocarbonyl (C=S) groups is 1. The van der Waals surface area contributed by atoms with Gasteiger partial charge in [0.2, 0.25) is 0 Å². The molecule has 28 heavy (non-hydrogen) atoms. The molecule has 0 bridgehead atoms. The second kappa shape index (κ2) is 7.27. The SMILES string of the molecule is Cc1cc(C)c(C#Cc2cncc3cc(/C=C4\SC(=S)NC4=O)oc23)cc1C. The minimum absolute atomic E-state index is 0.209. The second-order valence-electron chi connectivity index (χ2n) is 6.61. The molecule has 0 aliphatic carbocycles. The molecule has 3 heterocycles. The van der Waals surface area contributed by atoms with E-state index in [-0.39, 0.29) is 5.91 Å². The molecule has 4 rings (SSSR count). The Labute approximate surface area is 172 Å². The largest absolute Gasteiger partial charge is 0.455 e. The Morgan fingerprint density at radius 3 is 2.57 bits per heavy atom. The van der Waals surface area contributed by atoms with E-state index in [1.807, 2.05) is 6.07 Å². The average molecular weight is 405 g/mol. The highest BCUT2D eigenvalue weighted by Crippen LogP contribution is 2.29. The highest BCUT2D eigenvalue weighted by atomic mass is 32.2. The van der Waals surface area contributed by atoms with E-state index in [0.717, 1.165) is 16.5 Å². The van der Waals surface area contributed by atoms with E-state index in [0.29, 0.717) is 26.1 Å². The molecule has 2 aromatic heterocycles. The molecule has 0 radical (unpaired) electrons. The number of fused-ring (bicyclic) bond motifs is 1. The Kier molecular flexibility index (Phi) is 4.80. The number of carbonyl (C=O) groups excluding carboxylic acids is 1. The molecule has 1 aliphatic rings. The maximum atomic E-state index is 11.8. The Morgan fingerprint density at radius 2 is 1.82 bits per heavy atom. The van der Waals surface area contributed by atoms with E-state index in [1.54, 1.807) is 18.5 Å². The summed E-state index contributed by atoms with van der Waals surface area (Å²) in [6.07, 6.45) is 5.10. The summed E-state index contributed by atoms with van der Waals surface area (Å²) < 4.78 is 6.40. The fourth-order valence-electron chi connectivity index (χ4n) is 2.92. The quantitative estimate of drug-likeness (QED) is 0.364. The fraction of sp³-hybridized carbons (Fsp3) is 0.136. The zero-order chi connectivity index (χ0) is 19.8. The van der Waals surface area contributed by atoms with Crippen LogP contribution in [-0.4, -0.2) is 15.2 Å². The van der Waals surface area contributed by atoms with E-state index in [4.69, 9.17) is 16.6 Å². The molecule has 1 saturated heterocycles. The Bertz CT molecular complexity index is 1240. The van der Waals surface area contributed by atoms with Gasteiger partial charge in [-0.3, -0.25) is 9.78 Å². The van der Waals surface area contributed by atoms with Gasteiger partial charge < -0.3 is 9.73 Å². The molecule has 138 valence electrons. The van der Waals surface area contributed by atoms with Crippen molar-refractivity contribution in [2.45, 2.75) is 20.8 Å². The number of hydrogen-bond donors (Lipinski definition) is 1. The summed E-state index contributed by atoms with van der Waals surface area (Å²) in [4.78, 5) is 16.6. The van der Waals surface area contributed by atoms with E-state index in [9.17, 15) is 4.79 Å². The maximum absolute atomic E-state index is 11.8. The number of nitrogens with one attached hydrogen (secondary N) is 1. The normalized spacial score (nSPS) is 15.0. The molecule has 0 saturated carbocycles. The summed E-state index contributed by atoms with van der Waals surface area (Å²) in [7, 11) is 0. The van der Waals surface area contributed by atoms with Crippen molar-refractivity contribution < 1.29 is 9.21 Å². The van der Waals surface area contributed by atoms with Gasteiger partial charge in [0.1, 0.15) is 10.1 Å². The van der Waals surface area contributed by atoms with Gasteiger partial charge in [0.25, 0.3) is 5.91 Å². The van der Waals surface area contributed by atoms with Crippen LogP contribution in [0.2, 0.25) is 0 Å². The summed E-state index contributed by atoms with van der Waals surface area (Å²) in [5.41, 5.74) is 5.95. The van der Waals surface area contributed by atoms with E-state index < -0.39 is 0 Å². The van der Waals surface area contributed by atoms with Crippen molar-refractivity contribution in [3.63, 3.8) is 0 Å². The number of aromatic nitrogens is 1. The zero-order valence-corrected chi connectivity index (χ0v) is 17.2. The van der Waals surface area contributed by atoms with Crippen molar-refractivity contribution in [2.75, 3.05) is 0 Å². The second-order valence-corrected chi connectivity index (χ2v) is 8.33. The van der Waals surface area contributed by atoms with Crippen LogP contribution in [0.5, 0.6) is 0 Å². The number of nitrogens with zero attached hydrogens (tertiary/aromatic N) is 1. The van der Waals surface area contributed by atoms with Gasteiger partial charge in [0, 0.05) is 29.4 Å². The van der Waals surface area contributed by atoms with E-state index >= 15 is 0 Å². The van der Waals surface area contributed by atoms with Crippen LogP contribution >= 0.6 is 24.0 Å². The van der Waals surface area contributed by atoms with Crippen LogP contribution in [-0.2, 0) is 4.79 Å². The zero-order valence-electron chi connectivity index (χ0n) is 15.5. The van der Waals surface area contributed by atoms with Crippen LogP contribution in [0.15, 0.2) is 39.9 Å². The number of rotatable bonds is 1. The monoisotopic (exact) mass is 404 g/mol. The molecule has 0 unspecified atom stereocenters. The third-order valence-electron chi connectivity index (χ3n) is 4.53. The fourth-order valence-corrected chi connectivity index (χ4v) is 3.95. The van der Waals surface area contributed by atoms with Crippen LogP contribution in [0, 0.1) is 32.6 Å². The van der Waals surface area contributed by atoms with Gasteiger partial charge in [-0.2, -0.15) is 0 Å². The van der Waals surface area contributed by atoms with Crippen LogP contribution in [0.3, 0.4) is 0 Å². The van der Waals surface area contributed by atoms with Gasteiger partial charge in [-0.1, -0.05) is 41.9 Å². The minimum Gasteiger partial charge on any atom is -0.455 e. The van der Waals surface area contributed by atoms with Gasteiger partial charge >= 0.3 is 0 Å². The average Bonchev–Trinajstić information content (AvgIpc) is 3.19. The summed E-state index contributed by atoms with van der Waals surface area (Å²) in [6.45, 7) is 6.23. The molecule has 0 atom stereocenters. The van der Waals surface area contributed by atoms with Crippen LogP contribution in [0.25, 0.3) is 17.0 Å². The first-order chi connectivity index (χ1) is 13.4. The van der Waals surface area contributed by atoms with Gasteiger partial charge in [0.05, 0.1) is 10.5 Å². The van der Waals surface area contributed by atoms with E-state index in [2.05, 4.69) is 55.0 Å². The number of aryl methyl sites for hydroxylation is 3. The van der Waals surface area contributed by atoms with Crippen molar-refractivity contribution in [2.24, 2.45) is 0 Å². The predicted octanol–water partition coefficient (Wildman–Crippen LogP) is 4.64. The maximum Gasteiger partial charge on any atom is 0.263 e. The lowest BCUT2D eigenvalue weighted by Crippen LogP contribution is -2.17. The summed E-state index contributed by atoms with van der Waals surface area (Å²) in [5.74, 6) is 6.77. The van der Waals surface area contributed by atoms with Gasteiger partial charge in [-0.05, 0) is 49.6 Å². The van der Waals surface area contributed by atoms with Crippen molar-refractivity contribution >= 4 is 51.3 Å². The van der Waals surface area contributed by atoms with Gasteiger partial charge in [-0.25, -0.2) is 0 Å². The number of furan rings is 1. The lowest BCUT2D eigenvalue weighted by molar-refractivity contribution is -0.115. The number of carbonyl (C=O) groups is 1. The summed E-state index contributed by atoms with van der Waals surface area (Å²) >= 11 is 6.24. The van der Waals surface area contributed by atoms with Crippen LogP contribution in [0.1, 0.15) is 33.6 Å². The minimum atomic E-state index is -0.209. The smallest absolute Gasteiger partial charge is 0.263 e. The third kappa shape index (κ3) is 3.59. The highest BCUT2D eigenvalue weighted by Gasteiger charge is 2.22. The number of thioether (sulfide) groups is 1. The third-order valence-corrected chi connectivity index (χ3v) is 5.69. The Balaban J connectivity index is 1.73. The molecule has 1 N–H and O–H groups in total. The van der Waals surface area contributed by atoms with Crippen LogP contribution < -0.4 is 5.32 Å². The molecule has 6 heteroatoms. The van der Waals surface area contributed by atoms with Gasteiger partial charge in [0.15, 0.2) is 5.58 Å². The molecule has 1 aromatic carbocycles. The first-order valence-electron chi connectivity index (χ1n) is 8.63. The standard InChI is InChI=1S/C22H16N2O2S2/c1-12-6-14(3)15(7-13(12)2)4-5-16-10-23-11-17-8-18(26-20(16)17)9-19-21(25)24-22(27)28-19/h6-11H,1-3H3,(H,24,25,27)/b19-9-. The summed E-state index contributed by atoms with van der Waals surface area (Å²) in [5, 5.41) is 3.43. The molecule has 1 aliphatic heterocycles. The first-order valence-corrected chi connectivity index (χ1v) is 9.85. The lowest BCUT2D eigenvalue weighted by atomic mass is 10.0. The predicted molar refractivity (Wildman–Crippen MR) is 117 cm³/mol. The molecule has 1 fully saturated rings. The lowest BCUT2D eigenvalue weighted by Gasteiger charge is -2.04. The Hall–Kier alpha value is -2.88. The van der Waals surface area contributed by atoms with Crippen molar-refractivity contribution in [3.05, 3.63) is 69.1 Å². The van der Waals surface area contributed by atoms with Crippen molar-refractivity contribution in [1.29, 1.82) is 0 Å². The topological polar surface area (TPSA) is 55.1 Å². The molecule has 3 aromatic rings. The van der Waals surface area contributed by atoms with Crippen molar-refractivity contribution in [1.82, 2.24) is 10.3 Å². The molecule has 1 amide bonds.